The summed E-state index contributed by atoms with van der Waals surface area (Å²) in [4.78, 5) is 46.6. The van der Waals surface area contributed by atoms with Gasteiger partial charge in [0.1, 0.15) is 0 Å². The van der Waals surface area contributed by atoms with Crippen molar-refractivity contribution in [1.82, 2.24) is 9.80 Å². The molecule has 80 valence electrons. The molecule has 2 rings (SSSR count). The van der Waals surface area contributed by atoms with E-state index in [-0.39, 0.29) is 18.2 Å². The number of carbonyl (C=O) groups excluding carboxylic acids is 4. The summed E-state index contributed by atoms with van der Waals surface area (Å²) in [5, 5.41) is 0. The Bertz CT molecular complexity index is 372. The average molecular weight is 210 g/mol. The summed E-state index contributed by atoms with van der Waals surface area (Å²) in [5.74, 6) is -1.94. The molecule has 0 radical (unpaired) electrons. The van der Waals surface area contributed by atoms with Gasteiger partial charge < -0.3 is 0 Å². The molecule has 1 heterocycles. The van der Waals surface area contributed by atoms with Gasteiger partial charge in [-0.1, -0.05) is 0 Å². The van der Waals surface area contributed by atoms with Crippen molar-refractivity contribution in [3.05, 3.63) is 0 Å². The number of imide groups is 2. The molecular weight excluding hydrogens is 200 g/mol. The van der Waals surface area contributed by atoms with Crippen LogP contribution in [-0.2, 0) is 14.4 Å². The van der Waals surface area contributed by atoms with E-state index in [1.807, 2.05) is 0 Å². The van der Waals surface area contributed by atoms with E-state index >= 15 is 0 Å². The summed E-state index contributed by atoms with van der Waals surface area (Å²) in [6.45, 7) is -0.265. The quantitative estimate of drug-likeness (QED) is 0.460. The number of hydrogen-bond donors (Lipinski definition) is 0. The Labute approximate surface area is 85.8 Å². The molecule has 1 aliphatic heterocycles. The molecule has 1 saturated heterocycles. The normalized spacial score (nSPS) is 21.5. The molecule has 0 atom stereocenters. The lowest BCUT2D eigenvalue weighted by Crippen LogP contribution is -2.36. The second-order valence-corrected chi connectivity index (χ2v) is 3.78. The Morgan fingerprint density at radius 2 is 1.87 bits per heavy atom. The molecule has 0 unspecified atom stereocenters. The van der Waals surface area contributed by atoms with E-state index in [2.05, 4.69) is 0 Å². The predicted octanol–water partition coefficient (Wildman–Crippen LogP) is -0.614. The summed E-state index contributed by atoms with van der Waals surface area (Å²) < 4.78 is 0. The number of urea groups is 1. The van der Waals surface area contributed by atoms with Gasteiger partial charge in [0.05, 0.1) is 6.54 Å². The summed E-state index contributed by atoms with van der Waals surface area (Å²) in [6.07, 6.45) is 1.64. The molecule has 0 aromatic heterocycles. The van der Waals surface area contributed by atoms with Crippen LogP contribution in [0.3, 0.4) is 0 Å². The van der Waals surface area contributed by atoms with Crippen LogP contribution in [0.25, 0.3) is 0 Å². The van der Waals surface area contributed by atoms with E-state index in [0.717, 1.165) is 17.7 Å². The number of ketones is 1. The van der Waals surface area contributed by atoms with E-state index in [0.29, 0.717) is 4.90 Å². The van der Waals surface area contributed by atoms with Gasteiger partial charge in [-0.15, -0.1) is 0 Å². The van der Waals surface area contributed by atoms with Crippen LogP contribution in [0.15, 0.2) is 0 Å². The highest BCUT2D eigenvalue weighted by Gasteiger charge is 2.44. The third-order valence-electron chi connectivity index (χ3n) is 2.60. The Morgan fingerprint density at radius 3 is 2.27 bits per heavy atom. The first kappa shape index (κ1) is 9.82. The standard InChI is InChI=1S/C9H10N2O4/c1-10-7(13)8(14)11(9(10)15)4-6(12)5-2-3-5/h5H,2-4H2,1H3. The number of amides is 4. The third kappa shape index (κ3) is 1.51. The largest absolute Gasteiger partial charge is 0.334 e. The average Bonchev–Trinajstić information content (AvgIpc) is 3.02. The Balaban J connectivity index is 2.08. The number of Topliss-reactive ketones (excluding diaryl/α,β-unsaturated/α-hetero) is 1. The second-order valence-electron chi connectivity index (χ2n) is 3.78. The molecule has 1 saturated carbocycles. The maximum absolute atomic E-state index is 11.4. The highest BCUT2D eigenvalue weighted by Crippen LogP contribution is 2.30. The van der Waals surface area contributed by atoms with Crippen LogP contribution >= 0.6 is 0 Å². The molecule has 2 aliphatic rings. The summed E-state index contributed by atoms with van der Waals surface area (Å²) in [6, 6.07) is -0.709. The molecule has 0 spiro atoms. The highest BCUT2D eigenvalue weighted by atomic mass is 16.2. The monoisotopic (exact) mass is 210 g/mol. The van der Waals surface area contributed by atoms with Gasteiger partial charge in [-0.25, -0.2) is 9.69 Å². The van der Waals surface area contributed by atoms with Gasteiger partial charge in [0.15, 0.2) is 5.78 Å². The lowest BCUT2D eigenvalue weighted by molar-refractivity contribution is -0.143. The van der Waals surface area contributed by atoms with Gasteiger partial charge in [0.2, 0.25) is 0 Å². The van der Waals surface area contributed by atoms with Crippen LogP contribution in [0.5, 0.6) is 0 Å². The third-order valence-corrected chi connectivity index (χ3v) is 2.60. The zero-order chi connectivity index (χ0) is 11.2. The number of hydrogen-bond acceptors (Lipinski definition) is 4. The second kappa shape index (κ2) is 3.15. The Kier molecular flexibility index (Phi) is 2.06. The van der Waals surface area contributed by atoms with Crippen molar-refractivity contribution >= 4 is 23.6 Å². The van der Waals surface area contributed by atoms with Crippen LogP contribution in [-0.4, -0.2) is 47.0 Å². The molecule has 6 nitrogen and oxygen atoms in total. The van der Waals surface area contributed by atoms with Crippen LogP contribution in [0.4, 0.5) is 4.79 Å². The number of nitrogens with zero attached hydrogens (tertiary/aromatic N) is 2. The van der Waals surface area contributed by atoms with Gasteiger partial charge in [0, 0.05) is 13.0 Å². The van der Waals surface area contributed by atoms with E-state index in [4.69, 9.17) is 0 Å². The lowest BCUT2D eigenvalue weighted by Gasteiger charge is -2.10. The molecule has 0 N–H and O–H groups in total. The molecule has 2 fully saturated rings. The fraction of sp³-hybridized carbons (Fsp3) is 0.556. The first-order chi connectivity index (χ1) is 7.02. The van der Waals surface area contributed by atoms with Gasteiger partial charge in [-0.3, -0.25) is 19.3 Å². The van der Waals surface area contributed by atoms with Gasteiger partial charge in [-0.2, -0.15) is 0 Å². The minimum atomic E-state index is -0.906. The molecule has 15 heavy (non-hydrogen) atoms. The van der Waals surface area contributed by atoms with Gasteiger partial charge in [-0.05, 0) is 12.8 Å². The Hall–Kier alpha value is -1.72. The topological polar surface area (TPSA) is 74.8 Å². The van der Waals surface area contributed by atoms with E-state index in [9.17, 15) is 19.2 Å². The fourth-order valence-electron chi connectivity index (χ4n) is 1.44. The molecule has 6 heteroatoms. The van der Waals surface area contributed by atoms with Crippen molar-refractivity contribution in [3.63, 3.8) is 0 Å². The minimum absolute atomic E-state index is 0.0217. The van der Waals surface area contributed by atoms with E-state index < -0.39 is 17.8 Å². The van der Waals surface area contributed by atoms with Crippen LogP contribution < -0.4 is 0 Å². The van der Waals surface area contributed by atoms with Crippen molar-refractivity contribution in [2.75, 3.05) is 13.6 Å². The minimum Gasteiger partial charge on any atom is -0.297 e. The fourth-order valence-corrected chi connectivity index (χ4v) is 1.44. The van der Waals surface area contributed by atoms with Gasteiger partial charge in [0.25, 0.3) is 0 Å². The van der Waals surface area contributed by atoms with Gasteiger partial charge >= 0.3 is 17.8 Å². The molecular formula is C9H10N2O4. The smallest absolute Gasteiger partial charge is 0.297 e. The van der Waals surface area contributed by atoms with Crippen LogP contribution in [0, 0.1) is 5.92 Å². The zero-order valence-electron chi connectivity index (χ0n) is 8.23. The van der Waals surface area contributed by atoms with Crippen molar-refractivity contribution < 1.29 is 19.2 Å². The van der Waals surface area contributed by atoms with Crippen molar-refractivity contribution in [3.8, 4) is 0 Å². The molecule has 1 aliphatic carbocycles. The maximum Gasteiger partial charge on any atom is 0.334 e. The predicted molar refractivity (Wildman–Crippen MR) is 47.6 cm³/mol. The van der Waals surface area contributed by atoms with Crippen LogP contribution in [0.2, 0.25) is 0 Å². The zero-order valence-corrected chi connectivity index (χ0v) is 8.23. The SMILES string of the molecule is CN1C(=O)C(=O)N(CC(=O)C2CC2)C1=O. The molecule has 0 aromatic carbocycles. The number of rotatable bonds is 3. The molecule has 4 amide bonds. The molecule has 0 bridgehead atoms. The summed E-state index contributed by atoms with van der Waals surface area (Å²) in [5.41, 5.74) is 0. The van der Waals surface area contributed by atoms with E-state index in [1.165, 1.54) is 7.05 Å². The summed E-state index contributed by atoms with van der Waals surface area (Å²) in [7, 11) is 1.23. The Morgan fingerprint density at radius 1 is 1.27 bits per heavy atom. The summed E-state index contributed by atoms with van der Waals surface area (Å²) >= 11 is 0. The maximum atomic E-state index is 11.4. The number of likely N-dealkylation sites (N-methyl/N-ethyl adjacent to an activating group) is 1. The highest BCUT2D eigenvalue weighted by molar-refractivity contribution is 6.44. The van der Waals surface area contributed by atoms with E-state index in [1.54, 1.807) is 0 Å². The lowest BCUT2D eigenvalue weighted by atomic mass is 10.2. The van der Waals surface area contributed by atoms with Crippen molar-refractivity contribution in [2.24, 2.45) is 5.92 Å². The van der Waals surface area contributed by atoms with Crippen molar-refractivity contribution in [2.45, 2.75) is 12.8 Å². The van der Waals surface area contributed by atoms with Crippen LogP contribution in [0.1, 0.15) is 12.8 Å². The number of carbonyl (C=O) groups is 4. The first-order valence-corrected chi connectivity index (χ1v) is 4.68. The van der Waals surface area contributed by atoms with Crippen molar-refractivity contribution in [1.29, 1.82) is 0 Å². The first-order valence-electron chi connectivity index (χ1n) is 4.68. The molecule has 0 aromatic rings.